The van der Waals surface area contributed by atoms with Crippen molar-refractivity contribution in [2.24, 2.45) is 23.7 Å². The van der Waals surface area contributed by atoms with Gasteiger partial charge in [-0.2, -0.15) is 0 Å². The van der Waals surface area contributed by atoms with Crippen LogP contribution in [0.25, 0.3) is 0 Å². The maximum absolute atomic E-state index is 15.2. The van der Waals surface area contributed by atoms with Gasteiger partial charge in [0.1, 0.15) is 18.1 Å². The van der Waals surface area contributed by atoms with Gasteiger partial charge in [0.2, 0.25) is 23.6 Å². The summed E-state index contributed by atoms with van der Waals surface area (Å²) in [5.74, 6) is -4.71. The lowest BCUT2D eigenvalue weighted by molar-refractivity contribution is -0.128. The second-order valence-electron chi connectivity index (χ2n) is 12.9. The number of rotatable bonds is 6. The van der Waals surface area contributed by atoms with Gasteiger partial charge in [0.05, 0.1) is 28.9 Å². The number of carbonyl (C=O) groups is 4. The number of benzene rings is 4. The van der Waals surface area contributed by atoms with E-state index in [1.54, 1.807) is 36.4 Å². The highest BCUT2D eigenvalue weighted by Gasteiger charge is 2.70. The lowest BCUT2D eigenvalue weighted by atomic mass is 9.49. The number of nitrogens with one attached hydrogen (secondary N) is 1. The summed E-state index contributed by atoms with van der Waals surface area (Å²) in [6.45, 7) is 0.292. The molecule has 1 saturated carbocycles. The third kappa shape index (κ3) is 4.50. The molecule has 0 spiro atoms. The molecule has 3 fully saturated rings. The molecule has 4 aromatic rings. The number of ether oxygens (including phenoxy) is 1. The minimum Gasteiger partial charge on any atom is -0.508 e. The quantitative estimate of drug-likeness (QED) is 0.192. The number of hydrogen-bond donors (Lipinski definition) is 2. The standard InChI is InChI=1S/C39H31ClN2O6/c40-24-12-7-13-25(18-24)42-37(46)31-20-30-27(16-17-29-33(30)36(45)41-35(29)44)34(39(31,38(42)47)23-10-5-2-6-11-23)28-15-14-26(19-32(28)43)48-21-22-8-3-1-4-9-22/h1-16,18-19,29-31,33-34,43H,17,20-21H2,(H,41,44,45)/t29-,30+,31-,33-,34+,39+/m0/s1. The Morgan fingerprint density at radius 2 is 1.60 bits per heavy atom. The van der Waals surface area contributed by atoms with Crippen LogP contribution in [0.15, 0.2) is 115 Å². The Balaban J connectivity index is 1.32. The zero-order valence-electron chi connectivity index (χ0n) is 25.7. The van der Waals surface area contributed by atoms with Crippen LogP contribution in [0.4, 0.5) is 5.69 Å². The fourth-order valence-corrected chi connectivity index (χ4v) is 8.78. The van der Waals surface area contributed by atoms with E-state index in [4.69, 9.17) is 16.3 Å². The summed E-state index contributed by atoms with van der Waals surface area (Å²) in [5, 5.41) is 14.7. The van der Waals surface area contributed by atoms with Gasteiger partial charge in [0.25, 0.3) is 0 Å². The maximum Gasteiger partial charge on any atom is 0.246 e. The highest BCUT2D eigenvalue weighted by Crippen LogP contribution is 2.65. The van der Waals surface area contributed by atoms with Gasteiger partial charge in [-0.05, 0) is 54.2 Å². The monoisotopic (exact) mass is 658 g/mol. The summed E-state index contributed by atoms with van der Waals surface area (Å²) in [5.41, 5.74) is 1.66. The molecule has 6 atom stereocenters. The minimum atomic E-state index is -1.47. The van der Waals surface area contributed by atoms with Crippen LogP contribution in [0.1, 0.15) is 35.4 Å². The van der Waals surface area contributed by atoms with Gasteiger partial charge in [0.15, 0.2) is 0 Å². The Kier molecular flexibility index (Phi) is 7.22. The van der Waals surface area contributed by atoms with Gasteiger partial charge in [-0.25, -0.2) is 4.90 Å². The molecule has 0 aromatic heterocycles. The summed E-state index contributed by atoms with van der Waals surface area (Å²) in [7, 11) is 0. The average molecular weight is 659 g/mol. The average Bonchev–Trinajstić information content (AvgIpc) is 3.52. The number of allylic oxidation sites excluding steroid dienone is 2. The molecule has 2 heterocycles. The fraction of sp³-hybridized carbons (Fsp3) is 0.231. The molecule has 8 rings (SSSR count). The van der Waals surface area contributed by atoms with Crippen LogP contribution >= 0.6 is 11.6 Å². The van der Waals surface area contributed by atoms with Crippen molar-refractivity contribution in [2.45, 2.75) is 30.8 Å². The van der Waals surface area contributed by atoms with Crippen molar-refractivity contribution in [2.75, 3.05) is 4.90 Å². The zero-order chi connectivity index (χ0) is 33.2. The van der Waals surface area contributed by atoms with E-state index in [1.807, 2.05) is 66.7 Å². The first-order chi connectivity index (χ1) is 23.3. The number of anilines is 1. The Labute approximate surface area is 282 Å². The second kappa shape index (κ2) is 11.5. The van der Waals surface area contributed by atoms with E-state index in [1.165, 1.54) is 11.0 Å². The summed E-state index contributed by atoms with van der Waals surface area (Å²) in [6.07, 6.45) is 2.44. The first-order valence-corrected chi connectivity index (χ1v) is 16.4. The lowest BCUT2D eigenvalue weighted by Gasteiger charge is -2.50. The number of imide groups is 2. The molecule has 240 valence electrons. The van der Waals surface area contributed by atoms with Crippen LogP contribution in [0, 0.1) is 23.7 Å². The molecule has 0 unspecified atom stereocenters. The third-order valence-electron chi connectivity index (χ3n) is 10.6. The fourth-order valence-electron chi connectivity index (χ4n) is 8.60. The second-order valence-corrected chi connectivity index (χ2v) is 13.4. The first-order valence-electron chi connectivity index (χ1n) is 16.0. The van der Waals surface area contributed by atoms with Gasteiger partial charge in [-0.1, -0.05) is 96.0 Å². The van der Waals surface area contributed by atoms with Crippen LogP contribution < -0.4 is 15.0 Å². The smallest absolute Gasteiger partial charge is 0.246 e. The highest BCUT2D eigenvalue weighted by atomic mass is 35.5. The largest absolute Gasteiger partial charge is 0.508 e. The molecule has 4 aromatic carbocycles. The summed E-state index contributed by atoms with van der Waals surface area (Å²) in [6, 6.07) is 30.5. The molecule has 2 aliphatic heterocycles. The molecule has 2 aliphatic carbocycles. The van der Waals surface area contributed by atoms with Crippen molar-refractivity contribution in [3.63, 3.8) is 0 Å². The minimum absolute atomic E-state index is 0.100. The van der Waals surface area contributed by atoms with Crippen molar-refractivity contribution >= 4 is 40.9 Å². The molecular weight excluding hydrogens is 628 g/mol. The number of aromatic hydroxyl groups is 1. The topological polar surface area (TPSA) is 113 Å². The van der Waals surface area contributed by atoms with Crippen LogP contribution in [0.3, 0.4) is 0 Å². The number of phenolic OH excluding ortho intramolecular Hbond substituents is 1. The van der Waals surface area contributed by atoms with Crippen LogP contribution in [0.5, 0.6) is 11.5 Å². The van der Waals surface area contributed by atoms with Crippen LogP contribution in [0.2, 0.25) is 5.02 Å². The Morgan fingerprint density at radius 3 is 2.33 bits per heavy atom. The van der Waals surface area contributed by atoms with E-state index in [-0.39, 0.29) is 24.0 Å². The van der Waals surface area contributed by atoms with Crippen LogP contribution in [-0.2, 0) is 31.2 Å². The molecule has 0 bridgehead atoms. The number of nitrogens with zero attached hydrogens (tertiary/aromatic N) is 1. The summed E-state index contributed by atoms with van der Waals surface area (Å²) < 4.78 is 6.02. The maximum atomic E-state index is 15.2. The van der Waals surface area contributed by atoms with Gasteiger partial charge < -0.3 is 9.84 Å². The Bertz CT molecular complexity index is 2010. The van der Waals surface area contributed by atoms with Gasteiger partial charge in [0, 0.05) is 22.6 Å². The molecule has 0 radical (unpaired) electrons. The number of phenols is 1. The van der Waals surface area contributed by atoms with Crippen LogP contribution in [-0.4, -0.2) is 28.7 Å². The summed E-state index contributed by atoms with van der Waals surface area (Å²) >= 11 is 6.36. The highest BCUT2D eigenvalue weighted by molar-refractivity contribution is 6.32. The molecule has 4 amide bonds. The van der Waals surface area contributed by atoms with E-state index in [0.717, 1.165) is 11.1 Å². The third-order valence-corrected chi connectivity index (χ3v) is 10.8. The normalized spacial score (nSPS) is 27.6. The molecule has 9 heteroatoms. The summed E-state index contributed by atoms with van der Waals surface area (Å²) in [4.78, 5) is 57.3. The first kappa shape index (κ1) is 30.1. The number of halogens is 1. The number of carbonyl (C=O) groups excluding carboxylic acids is 4. The predicted octanol–water partition coefficient (Wildman–Crippen LogP) is 6.07. The number of hydrogen-bond acceptors (Lipinski definition) is 6. The molecule has 2 saturated heterocycles. The van der Waals surface area contributed by atoms with Crippen molar-refractivity contribution in [3.05, 3.63) is 136 Å². The molecular formula is C39H31ClN2O6. The van der Waals surface area contributed by atoms with Gasteiger partial charge in [-0.15, -0.1) is 0 Å². The molecule has 4 aliphatic rings. The van der Waals surface area contributed by atoms with Gasteiger partial charge >= 0.3 is 0 Å². The number of amides is 4. The Hall–Kier alpha value is -5.21. The number of fused-ring (bicyclic) bond motifs is 4. The Morgan fingerprint density at radius 1 is 0.854 bits per heavy atom. The molecule has 2 N–H and O–H groups in total. The molecule has 8 nitrogen and oxygen atoms in total. The zero-order valence-corrected chi connectivity index (χ0v) is 26.5. The van der Waals surface area contributed by atoms with Crippen molar-refractivity contribution in [1.29, 1.82) is 0 Å². The van der Waals surface area contributed by atoms with Crippen molar-refractivity contribution in [3.8, 4) is 11.5 Å². The molecule has 48 heavy (non-hydrogen) atoms. The van der Waals surface area contributed by atoms with E-state index in [2.05, 4.69) is 5.32 Å². The van der Waals surface area contributed by atoms with E-state index >= 15 is 4.79 Å². The van der Waals surface area contributed by atoms with Gasteiger partial charge in [-0.3, -0.25) is 24.5 Å². The lowest BCUT2D eigenvalue weighted by Crippen LogP contribution is -2.53. The van der Waals surface area contributed by atoms with Crippen molar-refractivity contribution < 1.29 is 29.0 Å². The van der Waals surface area contributed by atoms with E-state index in [9.17, 15) is 19.5 Å². The van der Waals surface area contributed by atoms with E-state index < -0.39 is 46.8 Å². The SMILES string of the molecule is O=C1NC(=O)[C@H]2CC=C3[C@@H](C[C@H]4C(=O)N(c5cccc(Cl)c5)C(=O)[C@@]4(c4ccccc4)[C@H]3c3ccc(OCc4ccccc4)cc3O)[C@@H]12. The van der Waals surface area contributed by atoms with Crippen molar-refractivity contribution in [1.82, 2.24) is 5.32 Å². The predicted molar refractivity (Wildman–Crippen MR) is 178 cm³/mol. The van der Waals surface area contributed by atoms with E-state index in [0.29, 0.717) is 40.6 Å².